The van der Waals surface area contributed by atoms with Crippen molar-refractivity contribution in [2.45, 2.75) is 125 Å². The van der Waals surface area contributed by atoms with E-state index in [-0.39, 0.29) is 129 Å². The summed E-state index contributed by atoms with van der Waals surface area (Å²) in [7, 11) is 0. The number of carbonyl (C=O) groups is 4. The minimum absolute atomic E-state index is 0. The molecule has 9 atom stereocenters. The van der Waals surface area contributed by atoms with Gasteiger partial charge in [0.25, 0.3) is 0 Å². The van der Waals surface area contributed by atoms with Crippen LogP contribution in [0, 0.1) is 50.2 Å². The number of carbonyl (C=O) groups excluding carboxylic acids is 4. The van der Waals surface area contributed by atoms with E-state index in [1.807, 2.05) is 13.0 Å². The Morgan fingerprint density at radius 2 is 1.49 bits per heavy atom. The van der Waals surface area contributed by atoms with Gasteiger partial charge >= 0.3 is 65.1 Å². The molecule has 5 aliphatic carbocycles. The molecule has 228 valence electrons. The molecule has 0 heterocycles. The fourth-order valence-corrected chi connectivity index (χ4v) is 11.0. The van der Waals surface area contributed by atoms with Gasteiger partial charge < -0.3 is 24.5 Å². The zero-order valence-corrected chi connectivity index (χ0v) is 32.0. The predicted molar refractivity (Wildman–Crippen MR) is 149 cm³/mol. The third kappa shape index (κ3) is 5.60. The van der Waals surface area contributed by atoms with Crippen LogP contribution in [0.5, 0.6) is 0 Å². The van der Waals surface area contributed by atoms with Crippen LogP contribution < -0.4 is 69.3 Å². The second-order valence-electron chi connectivity index (χ2n) is 16.3. The molecule has 5 rings (SSSR count). The van der Waals surface area contributed by atoms with E-state index in [0.717, 1.165) is 38.5 Å². The SMILES string of the molecule is CC1(C(=O)[O-])CC[C@@]2(C)CC[C@@]3(C)C(=CC(=O)[C@@H]4[C@]3(C)CCC3C(C)(C)[C@H](OC(=O)CCC(=O)[O-])CC[C@]34C)[C@H]2C1.[Na+].[Na+]. The first kappa shape index (κ1) is 37.3. The molecular formula is C34H48Na2O7. The maximum atomic E-state index is 14.4. The molecule has 0 amide bonds. The van der Waals surface area contributed by atoms with Crippen LogP contribution in [0.15, 0.2) is 11.6 Å². The molecule has 2 unspecified atom stereocenters. The number of carboxylic acids is 2. The van der Waals surface area contributed by atoms with Gasteiger partial charge in [0, 0.05) is 28.7 Å². The summed E-state index contributed by atoms with van der Waals surface area (Å²) in [5.41, 5.74) is -0.823. The molecule has 9 heteroatoms. The van der Waals surface area contributed by atoms with Crippen LogP contribution in [0.2, 0.25) is 0 Å². The first-order valence-electron chi connectivity index (χ1n) is 15.7. The van der Waals surface area contributed by atoms with Gasteiger partial charge in [-0.05, 0) is 104 Å². The zero-order valence-electron chi connectivity index (χ0n) is 28.0. The average Bonchev–Trinajstić information content (AvgIpc) is 2.86. The summed E-state index contributed by atoms with van der Waals surface area (Å²) in [5.74, 6) is -2.53. The van der Waals surface area contributed by atoms with E-state index >= 15 is 0 Å². The van der Waals surface area contributed by atoms with Crippen LogP contribution >= 0.6 is 0 Å². The van der Waals surface area contributed by atoms with E-state index in [9.17, 15) is 29.4 Å². The van der Waals surface area contributed by atoms with Gasteiger partial charge in [-0.1, -0.05) is 54.0 Å². The largest absolute Gasteiger partial charge is 1.00 e. The minimum Gasteiger partial charge on any atom is -0.550 e. The van der Waals surface area contributed by atoms with Gasteiger partial charge in [-0.2, -0.15) is 0 Å². The van der Waals surface area contributed by atoms with Crippen molar-refractivity contribution in [3.63, 3.8) is 0 Å². The molecule has 0 spiro atoms. The van der Waals surface area contributed by atoms with Crippen LogP contribution in [-0.4, -0.2) is 29.8 Å². The smallest absolute Gasteiger partial charge is 0.550 e. The number of ether oxygens (including phenoxy) is 1. The van der Waals surface area contributed by atoms with Crippen LogP contribution in [-0.2, 0) is 23.9 Å². The Morgan fingerprint density at radius 1 is 0.860 bits per heavy atom. The van der Waals surface area contributed by atoms with E-state index in [1.165, 1.54) is 5.57 Å². The van der Waals surface area contributed by atoms with Gasteiger partial charge in [0.2, 0.25) is 0 Å². The van der Waals surface area contributed by atoms with Gasteiger partial charge in [-0.25, -0.2) is 0 Å². The maximum absolute atomic E-state index is 14.4. The molecule has 43 heavy (non-hydrogen) atoms. The second-order valence-corrected chi connectivity index (χ2v) is 16.3. The molecule has 4 fully saturated rings. The fourth-order valence-electron chi connectivity index (χ4n) is 11.0. The third-order valence-corrected chi connectivity index (χ3v) is 13.8. The van der Waals surface area contributed by atoms with Crippen molar-refractivity contribution in [2.24, 2.45) is 50.2 Å². The van der Waals surface area contributed by atoms with Crippen molar-refractivity contribution >= 4 is 23.7 Å². The Balaban J connectivity index is 0.00000253. The average molecular weight is 615 g/mol. The zero-order chi connectivity index (χ0) is 30.4. The Hall–Kier alpha value is -0.180. The number of esters is 1. The molecule has 4 saturated carbocycles. The Bertz CT molecular complexity index is 1210. The number of ketones is 1. The van der Waals surface area contributed by atoms with E-state index in [1.54, 1.807) is 0 Å². The molecule has 7 nitrogen and oxygen atoms in total. The summed E-state index contributed by atoms with van der Waals surface area (Å²) >= 11 is 0. The topological polar surface area (TPSA) is 124 Å². The normalized spacial score (nSPS) is 44.4. The number of rotatable bonds is 5. The van der Waals surface area contributed by atoms with Gasteiger partial charge in [-0.15, -0.1) is 0 Å². The first-order chi connectivity index (χ1) is 18.8. The summed E-state index contributed by atoms with van der Waals surface area (Å²) in [6.07, 6.45) is 8.26. The molecule has 0 aromatic carbocycles. The van der Waals surface area contributed by atoms with Crippen LogP contribution in [0.25, 0.3) is 0 Å². The molecule has 0 N–H and O–H groups in total. The van der Waals surface area contributed by atoms with E-state index in [2.05, 4.69) is 41.5 Å². The van der Waals surface area contributed by atoms with Crippen molar-refractivity contribution < 1.29 is 93.2 Å². The second kappa shape index (κ2) is 12.1. The van der Waals surface area contributed by atoms with E-state index in [4.69, 9.17) is 4.74 Å². The Kier molecular flexibility index (Phi) is 10.5. The quantitative estimate of drug-likeness (QED) is 0.264. The van der Waals surface area contributed by atoms with Crippen LogP contribution in [0.3, 0.4) is 0 Å². The maximum Gasteiger partial charge on any atom is 1.00 e. The number of hydrogen-bond acceptors (Lipinski definition) is 7. The molecular weight excluding hydrogens is 566 g/mol. The molecule has 0 bridgehead atoms. The van der Waals surface area contributed by atoms with E-state index < -0.39 is 23.3 Å². The van der Waals surface area contributed by atoms with Gasteiger partial charge in [0.15, 0.2) is 5.78 Å². The summed E-state index contributed by atoms with van der Waals surface area (Å²) < 4.78 is 5.87. The fraction of sp³-hybridized carbons (Fsp3) is 0.824. The summed E-state index contributed by atoms with van der Waals surface area (Å²) in [5, 5.41) is 23.1. The van der Waals surface area contributed by atoms with Gasteiger partial charge in [0.1, 0.15) is 6.10 Å². The number of hydrogen-bond donors (Lipinski definition) is 0. The number of carboxylic acid groups (broad SMARTS) is 2. The molecule has 0 saturated heterocycles. The summed E-state index contributed by atoms with van der Waals surface area (Å²) in [4.78, 5) is 50.0. The first-order valence-corrected chi connectivity index (χ1v) is 15.7. The Morgan fingerprint density at radius 3 is 2.09 bits per heavy atom. The van der Waals surface area contributed by atoms with Crippen molar-refractivity contribution in [3.8, 4) is 0 Å². The van der Waals surface area contributed by atoms with E-state index in [0.29, 0.717) is 19.3 Å². The van der Waals surface area contributed by atoms with Crippen molar-refractivity contribution in [2.75, 3.05) is 0 Å². The minimum atomic E-state index is -1.26. The molecule has 0 aromatic rings. The van der Waals surface area contributed by atoms with Crippen molar-refractivity contribution in [1.29, 1.82) is 0 Å². The Labute approximate surface area is 301 Å². The third-order valence-electron chi connectivity index (χ3n) is 13.8. The number of fused-ring (bicyclic) bond motifs is 7. The monoisotopic (exact) mass is 614 g/mol. The van der Waals surface area contributed by atoms with Crippen molar-refractivity contribution in [3.05, 3.63) is 11.6 Å². The number of aliphatic carboxylic acids is 2. The van der Waals surface area contributed by atoms with Gasteiger partial charge in [0.05, 0.1) is 6.42 Å². The van der Waals surface area contributed by atoms with Crippen LogP contribution in [0.4, 0.5) is 0 Å². The van der Waals surface area contributed by atoms with Crippen LogP contribution in [0.1, 0.15) is 119 Å². The molecule has 5 aliphatic rings. The summed E-state index contributed by atoms with van der Waals surface area (Å²) in [6.45, 7) is 15.3. The summed E-state index contributed by atoms with van der Waals surface area (Å²) in [6, 6.07) is 0. The number of allylic oxidation sites excluding steroid dienone is 2. The standard InChI is InChI=1S/C34H50O7.2Na/c1-29(2)23-10-13-34(7)27(32(23,5)12-11-24(29)41-26(38)9-8-25(36)37)22(35)18-20-21-19-31(4,28(39)40)15-14-30(21,3)16-17-33(20,34)6;;/h18,21,23-24,27H,8-17,19H2,1-7H3,(H,36,37)(H,39,40);;/q;2*+1/p-2/t21-,23?,24-,27+,30+,31?,32-,33+,34+;;/m1../s1. The molecule has 0 radical (unpaired) electrons. The van der Waals surface area contributed by atoms with Gasteiger partial charge in [-0.3, -0.25) is 9.59 Å². The molecule has 0 aromatic heterocycles. The predicted octanol–water partition coefficient (Wildman–Crippen LogP) is -1.83. The molecule has 0 aliphatic heterocycles. The van der Waals surface area contributed by atoms with Crippen molar-refractivity contribution in [1.82, 2.24) is 0 Å².